The van der Waals surface area contributed by atoms with E-state index in [-0.39, 0.29) is 11.3 Å². The van der Waals surface area contributed by atoms with Crippen molar-refractivity contribution in [3.05, 3.63) is 10.1 Å². The fourth-order valence-corrected chi connectivity index (χ4v) is 2.29. The molecule has 0 saturated heterocycles. The molecule has 6 nitrogen and oxygen atoms in total. The average Bonchev–Trinajstić information content (AvgIpc) is 2.20. The highest BCUT2D eigenvalue weighted by atomic mass is 16.6. The van der Waals surface area contributed by atoms with Gasteiger partial charge in [0, 0.05) is 30.6 Å². The molecular formula is C10H18N2O4. The Morgan fingerprint density at radius 3 is 2.50 bits per heavy atom. The molecule has 0 unspecified atom stereocenters. The molecule has 6 heteroatoms. The molecule has 0 spiro atoms. The second kappa shape index (κ2) is 4.01. The molecule has 1 aliphatic carbocycles. The van der Waals surface area contributed by atoms with Crippen molar-refractivity contribution >= 4 is 5.71 Å². The normalized spacial score (nSPS) is 40.8. The van der Waals surface area contributed by atoms with Gasteiger partial charge in [0.05, 0.1) is 11.3 Å². The smallest absolute Gasteiger partial charge is 0.220 e. The van der Waals surface area contributed by atoms with E-state index in [0.717, 1.165) is 0 Å². The largest absolute Gasteiger partial charge is 0.411 e. The van der Waals surface area contributed by atoms with E-state index < -0.39 is 17.1 Å². The molecule has 1 aliphatic rings. The van der Waals surface area contributed by atoms with Crippen LogP contribution < -0.4 is 0 Å². The maximum absolute atomic E-state index is 11.0. The number of aliphatic hydroxyl groups is 1. The van der Waals surface area contributed by atoms with Crippen LogP contribution in [0.15, 0.2) is 5.16 Å². The Bertz CT molecular complexity index is 327. The first kappa shape index (κ1) is 12.9. The minimum Gasteiger partial charge on any atom is -0.411 e. The van der Waals surface area contributed by atoms with Crippen LogP contribution in [0.2, 0.25) is 0 Å². The van der Waals surface area contributed by atoms with Crippen LogP contribution in [0.1, 0.15) is 40.0 Å². The van der Waals surface area contributed by atoms with Gasteiger partial charge in [-0.2, -0.15) is 0 Å². The Morgan fingerprint density at radius 2 is 2.06 bits per heavy atom. The van der Waals surface area contributed by atoms with Crippen molar-refractivity contribution in [2.24, 2.45) is 11.1 Å². The first-order valence-electron chi connectivity index (χ1n) is 5.28. The van der Waals surface area contributed by atoms with E-state index in [9.17, 15) is 15.2 Å². The summed E-state index contributed by atoms with van der Waals surface area (Å²) in [5.41, 5.74) is -1.73. The molecule has 0 bridgehead atoms. The van der Waals surface area contributed by atoms with Crippen LogP contribution in [-0.2, 0) is 0 Å². The maximum atomic E-state index is 11.0. The van der Waals surface area contributed by atoms with Crippen LogP contribution in [-0.4, -0.2) is 32.1 Å². The summed E-state index contributed by atoms with van der Waals surface area (Å²) in [6.45, 7) is 4.77. The zero-order valence-electron chi connectivity index (χ0n) is 9.80. The highest BCUT2D eigenvalue weighted by molar-refractivity contribution is 5.85. The summed E-state index contributed by atoms with van der Waals surface area (Å²) in [6, 6.07) is 0. The quantitative estimate of drug-likeness (QED) is 0.324. The van der Waals surface area contributed by atoms with E-state index in [1.807, 2.05) is 0 Å². The lowest BCUT2D eigenvalue weighted by Gasteiger charge is -2.41. The van der Waals surface area contributed by atoms with Gasteiger partial charge in [-0.05, 0) is 20.3 Å². The summed E-state index contributed by atoms with van der Waals surface area (Å²) in [7, 11) is 0. The summed E-state index contributed by atoms with van der Waals surface area (Å²) in [5, 5.41) is 32.9. The summed E-state index contributed by atoms with van der Waals surface area (Å²) in [6.07, 6.45) is 0.868. The number of hydrogen-bond acceptors (Lipinski definition) is 5. The zero-order valence-corrected chi connectivity index (χ0v) is 9.80. The van der Waals surface area contributed by atoms with Gasteiger partial charge in [0.2, 0.25) is 5.54 Å². The van der Waals surface area contributed by atoms with Crippen molar-refractivity contribution in [3.63, 3.8) is 0 Å². The highest BCUT2D eigenvalue weighted by Crippen LogP contribution is 2.41. The van der Waals surface area contributed by atoms with Crippen LogP contribution in [0.25, 0.3) is 0 Å². The highest BCUT2D eigenvalue weighted by Gasteiger charge is 2.51. The van der Waals surface area contributed by atoms with Crippen LogP contribution in [0.5, 0.6) is 0 Å². The van der Waals surface area contributed by atoms with Crippen molar-refractivity contribution in [2.45, 2.75) is 51.2 Å². The van der Waals surface area contributed by atoms with Crippen molar-refractivity contribution in [1.29, 1.82) is 0 Å². The van der Waals surface area contributed by atoms with Gasteiger partial charge in [-0.1, -0.05) is 5.16 Å². The molecule has 92 valence electrons. The van der Waals surface area contributed by atoms with E-state index in [4.69, 9.17) is 5.21 Å². The van der Waals surface area contributed by atoms with Gasteiger partial charge in [-0.25, -0.2) is 0 Å². The number of nitrogens with zero attached hydrogens (tertiary/aromatic N) is 2. The Labute approximate surface area is 94.1 Å². The molecule has 0 aromatic carbocycles. The Balaban J connectivity index is 2.99. The summed E-state index contributed by atoms with van der Waals surface area (Å²) in [5.74, 6) is -0.471. The van der Waals surface area contributed by atoms with Crippen LogP contribution in [0, 0.1) is 16.0 Å². The Hall–Kier alpha value is -1.17. The summed E-state index contributed by atoms with van der Waals surface area (Å²) in [4.78, 5) is 10.7. The second-order valence-electron chi connectivity index (χ2n) is 5.11. The number of oxime groups is 1. The maximum Gasteiger partial charge on any atom is 0.220 e. The molecule has 1 rings (SSSR count). The van der Waals surface area contributed by atoms with Gasteiger partial charge in [0.15, 0.2) is 0 Å². The Kier molecular flexibility index (Phi) is 3.23. The van der Waals surface area contributed by atoms with E-state index in [0.29, 0.717) is 18.6 Å². The first-order valence-corrected chi connectivity index (χ1v) is 5.28. The van der Waals surface area contributed by atoms with Gasteiger partial charge < -0.3 is 10.3 Å². The molecule has 16 heavy (non-hydrogen) atoms. The molecule has 1 fully saturated rings. The summed E-state index contributed by atoms with van der Waals surface area (Å²) < 4.78 is 0. The van der Waals surface area contributed by atoms with Crippen molar-refractivity contribution in [2.75, 3.05) is 0 Å². The van der Waals surface area contributed by atoms with Crippen molar-refractivity contribution in [1.82, 2.24) is 0 Å². The lowest BCUT2D eigenvalue weighted by Crippen LogP contribution is -2.52. The molecule has 3 atom stereocenters. The van der Waals surface area contributed by atoms with E-state index in [2.05, 4.69) is 5.16 Å². The van der Waals surface area contributed by atoms with Crippen LogP contribution >= 0.6 is 0 Å². The van der Waals surface area contributed by atoms with Gasteiger partial charge in [-0.15, -0.1) is 0 Å². The topological polar surface area (TPSA) is 96.0 Å². The second-order valence-corrected chi connectivity index (χ2v) is 5.11. The van der Waals surface area contributed by atoms with Gasteiger partial charge in [0.1, 0.15) is 0 Å². The molecule has 0 heterocycles. The molecule has 0 aromatic heterocycles. The Morgan fingerprint density at radius 1 is 1.50 bits per heavy atom. The molecular weight excluding hydrogens is 212 g/mol. The van der Waals surface area contributed by atoms with Gasteiger partial charge in [-0.3, -0.25) is 10.1 Å². The monoisotopic (exact) mass is 230 g/mol. The third-order valence-electron chi connectivity index (χ3n) is 3.67. The predicted octanol–water partition coefficient (Wildman–Crippen LogP) is 1.42. The molecule has 2 N–H and O–H groups in total. The first-order chi connectivity index (χ1) is 7.23. The lowest BCUT2D eigenvalue weighted by atomic mass is 9.67. The number of rotatable bonds is 2. The molecule has 0 aromatic rings. The molecule has 0 aliphatic heterocycles. The minimum atomic E-state index is -1.04. The minimum absolute atomic E-state index is 0.197. The van der Waals surface area contributed by atoms with Crippen molar-refractivity contribution < 1.29 is 15.2 Å². The zero-order chi connectivity index (χ0) is 12.6. The van der Waals surface area contributed by atoms with Crippen molar-refractivity contribution in [3.8, 4) is 0 Å². The SMILES string of the molecule is C/C(=N\O)[C@@H]1C[C@@](C)([N+](=O)[O-])CC[C@@]1(C)O. The van der Waals surface area contributed by atoms with E-state index in [1.165, 1.54) is 0 Å². The average molecular weight is 230 g/mol. The molecule has 0 amide bonds. The van der Waals surface area contributed by atoms with Crippen LogP contribution in [0.4, 0.5) is 0 Å². The van der Waals surface area contributed by atoms with E-state index in [1.54, 1.807) is 20.8 Å². The standard InChI is InChI=1S/C10H18N2O4/c1-7(11-14)8-6-9(2,12(15)16)4-5-10(8,3)13/h8,13-14H,4-6H2,1-3H3/b11-7+/t8-,9-,10+/m0/s1. The van der Waals surface area contributed by atoms with Crippen LogP contribution in [0.3, 0.4) is 0 Å². The fourth-order valence-electron chi connectivity index (χ4n) is 2.29. The number of nitro groups is 1. The fraction of sp³-hybridized carbons (Fsp3) is 0.900. The molecule has 0 radical (unpaired) electrons. The van der Waals surface area contributed by atoms with Gasteiger partial charge >= 0.3 is 0 Å². The third kappa shape index (κ3) is 2.16. The molecule has 1 saturated carbocycles. The number of hydrogen-bond donors (Lipinski definition) is 2. The third-order valence-corrected chi connectivity index (χ3v) is 3.67. The summed E-state index contributed by atoms with van der Waals surface area (Å²) >= 11 is 0. The lowest BCUT2D eigenvalue weighted by molar-refractivity contribution is -0.573. The van der Waals surface area contributed by atoms with Gasteiger partial charge in [0.25, 0.3) is 0 Å². The van der Waals surface area contributed by atoms with E-state index >= 15 is 0 Å². The predicted molar refractivity (Wildman–Crippen MR) is 58.3 cm³/mol.